The molecule has 0 aliphatic carbocycles. The lowest BCUT2D eigenvalue weighted by molar-refractivity contribution is 0.172. The fraction of sp³-hybridized carbons (Fsp3) is 0.500. The third kappa shape index (κ3) is 3.18. The molecule has 0 radical (unpaired) electrons. The van der Waals surface area contributed by atoms with Gasteiger partial charge < -0.3 is 14.8 Å². The Morgan fingerprint density at radius 1 is 1.31 bits per heavy atom. The standard InChI is InChI=1S/C12H16FNO2/c13-11-8-15-9-12(11)14-6-7-16-10-4-2-1-3-5-10/h1-5,11-12,14H,6-9H2/t11-,12-/m1/s1. The summed E-state index contributed by atoms with van der Waals surface area (Å²) in [6.45, 7) is 1.82. The van der Waals surface area contributed by atoms with Crippen LogP contribution in [-0.4, -0.2) is 38.6 Å². The summed E-state index contributed by atoms with van der Waals surface area (Å²) >= 11 is 0. The van der Waals surface area contributed by atoms with Crippen LogP contribution in [0.2, 0.25) is 0 Å². The summed E-state index contributed by atoms with van der Waals surface area (Å²) in [7, 11) is 0. The van der Waals surface area contributed by atoms with Gasteiger partial charge in [0, 0.05) is 6.54 Å². The quantitative estimate of drug-likeness (QED) is 0.768. The number of hydrogen-bond donors (Lipinski definition) is 1. The molecular formula is C12H16FNO2. The van der Waals surface area contributed by atoms with Gasteiger partial charge in [-0.25, -0.2) is 4.39 Å². The second-order valence-electron chi connectivity index (χ2n) is 3.78. The molecule has 0 saturated carbocycles. The van der Waals surface area contributed by atoms with Crippen molar-refractivity contribution < 1.29 is 13.9 Å². The molecule has 1 aliphatic heterocycles. The lowest BCUT2D eigenvalue weighted by Gasteiger charge is -2.13. The molecule has 16 heavy (non-hydrogen) atoms. The van der Waals surface area contributed by atoms with Crippen molar-refractivity contribution in [2.24, 2.45) is 0 Å². The van der Waals surface area contributed by atoms with Crippen LogP contribution in [-0.2, 0) is 4.74 Å². The highest BCUT2D eigenvalue weighted by molar-refractivity contribution is 5.20. The fourth-order valence-electron chi connectivity index (χ4n) is 1.64. The van der Waals surface area contributed by atoms with Gasteiger partial charge in [0.05, 0.1) is 19.3 Å². The summed E-state index contributed by atoms with van der Waals surface area (Å²) < 4.78 is 23.6. The maximum Gasteiger partial charge on any atom is 0.141 e. The number of para-hydroxylation sites is 1. The number of ether oxygens (including phenoxy) is 2. The smallest absolute Gasteiger partial charge is 0.141 e. The predicted octanol–water partition coefficient (Wildman–Crippen LogP) is 1.39. The Morgan fingerprint density at radius 3 is 2.81 bits per heavy atom. The molecule has 1 N–H and O–H groups in total. The van der Waals surface area contributed by atoms with Crippen molar-refractivity contribution in [3.8, 4) is 5.75 Å². The lowest BCUT2D eigenvalue weighted by Crippen LogP contribution is -2.38. The van der Waals surface area contributed by atoms with E-state index in [4.69, 9.17) is 9.47 Å². The first kappa shape index (κ1) is 11.4. The van der Waals surface area contributed by atoms with E-state index in [-0.39, 0.29) is 12.6 Å². The van der Waals surface area contributed by atoms with Crippen LogP contribution in [0.15, 0.2) is 30.3 Å². The summed E-state index contributed by atoms with van der Waals surface area (Å²) in [6.07, 6.45) is -0.892. The lowest BCUT2D eigenvalue weighted by atomic mass is 10.2. The third-order valence-electron chi connectivity index (χ3n) is 2.53. The molecule has 1 aromatic carbocycles. The van der Waals surface area contributed by atoms with E-state index < -0.39 is 6.17 Å². The summed E-state index contributed by atoms with van der Waals surface area (Å²) in [5.74, 6) is 0.837. The molecule has 1 aliphatic rings. The minimum absolute atomic E-state index is 0.181. The van der Waals surface area contributed by atoms with Crippen molar-refractivity contribution in [2.75, 3.05) is 26.4 Å². The zero-order valence-electron chi connectivity index (χ0n) is 9.06. The van der Waals surface area contributed by atoms with Gasteiger partial charge >= 0.3 is 0 Å². The van der Waals surface area contributed by atoms with Crippen LogP contribution in [0.4, 0.5) is 4.39 Å². The minimum atomic E-state index is -0.892. The van der Waals surface area contributed by atoms with Crippen LogP contribution in [0.3, 0.4) is 0 Å². The Labute approximate surface area is 94.6 Å². The molecule has 1 saturated heterocycles. The number of nitrogens with one attached hydrogen (secondary N) is 1. The number of hydrogen-bond acceptors (Lipinski definition) is 3. The van der Waals surface area contributed by atoms with E-state index >= 15 is 0 Å². The van der Waals surface area contributed by atoms with Crippen molar-refractivity contribution in [3.05, 3.63) is 30.3 Å². The zero-order chi connectivity index (χ0) is 11.2. The van der Waals surface area contributed by atoms with Crippen molar-refractivity contribution in [2.45, 2.75) is 12.2 Å². The number of alkyl halides is 1. The summed E-state index contributed by atoms with van der Waals surface area (Å²) in [6, 6.07) is 9.40. The number of halogens is 1. The Hall–Kier alpha value is -1.13. The van der Waals surface area contributed by atoms with Gasteiger partial charge in [-0.15, -0.1) is 0 Å². The molecule has 0 spiro atoms. The van der Waals surface area contributed by atoms with Crippen LogP contribution in [0.1, 0.15) is 0 Å². The molecule has 1 fully saturated rings. The molecule has 3 nitrogen and oxygen atoms in total. The van der Waals surface area contributed by atoms with E-state index in [9.17, 15) is 4.39 Å². The Bertz CT molecular complexity index is 307. The molecule has 0 unspecified atom stereocenters. The van der Waals surface area contributed by atoms with E-state index in [0.717, 1.165) is 5.75 Å². The predicted molar refractivity (Wildman–Crippen MR) is 59.4 cm³/mol. The zero-order valence-corrected chi connectivity index (χ0v) is 9.06. The van der Waals surface area contributed by atoms with Gasteiger partial charge in [0.1, 0.15) is 18.5 Å². The molecule has 88 valence electrons. The molecule has 0 bridgehead atoms. The second kappa shape index (κ2) is 5.82. The molecule has 1 aromatic rings. The van der Waals surface area contributed by atoms with E-state index in [1.807, 2.05) is 30.3 Å². The van der Waals surface area contributed by atoms with Gasteiger partial charge in [-0.05, 0) is 12.1 Å². The first-order chi connectivity index (χ1) is 7.86. The molecule has 0 amide bonds. The minimum Gasteiger partial charge on any atom is -0.492 e. The largest absolute Gasteiger partial charge is 0.492 e. The van der Waals surface area contributed by atoms with Gasteiger partial charge in [0.25, 0.3) is 0 Å². The van der Waals surface area contributed by atoms with Crippen LogP contribution >= 0.6 is 0 Å². The topological polar surface area (TPSA) is 30.5 Å². The number of rotatable bonds is 5. The van der Waals surface area contributed by atoms with E-state index in [1.54, 1.807) is 0 Å². The Morgan fingerprint density at radius 2 is 2.12 bits per heavy atom. The first-order valence-electron chi connectivity index (χ1n) is 5.49. The Kier molecular flexibility index (Phi) is 4.13. The molecule has 0 aromatic heterocycles. The van der Waals surface area contributed by atoms with Gasteiger partial charge in [-0.3, -0.25) is 0 Å². The SMILES string of the molecule is F[C@@H]1COC[C@H]1NCCOc1ccccc1. The first-order valence-corrected chi connectivity index (χ1v) is 5.49. The molecule has 1 heterocycles. The van der Waals surface area contributed by atoms with Crippen molar-refractivity contribution >= 4 is 0 Å². The maximum absolute atomic E-state index is 13.1. The normalized spacial score (nSPS) is 24.6. The third-order valence-corrected chi connectivity index (χ3v) is 2.53. The molecule has 2 atom stereocenters. The van der Waals surface area contributed by atoms with Gasteiger partial charge in [0.15, 0.2) is 0 Å². The van der Waals surface area contributed by atoms with Crippen molar-refractivity contribution in [3.63, 3.8) is 0 Å². The summed E-state index contributed by atoms with van der Waals surface area (Å²) in [5.41, 5.74) is 0. The summed E-state index contributed by atoms with van der Waals surface area (Å²) in [4.78, 5) is 0. The highest BCUT2D eigenvalue weighted by Gasteiger charge is 2.26. The van der Waals surface area contributed by atoms with Crippen molar-refractivity contribution in [1.29, 1.82) is 0 Å². The van der Waals surface area contributed by atoms with Crippen LogP contribution in [0, 0.1) is 0 Å². The average Bonchev–Trinajstić information content (AvgIpc) is 2.72. The van der Waals surface area contributed by atoms with Gasteiger partial charge in [-0.1, -0.05) is 18.2 Å². The highest BCUT2D eigenvalue weighted by atomic mass is 19.1. The average molecular weight is 225 g/mol. The van der Waals surface area contributed by atoms with Crippen LogP contribution in [0.5, 0.6) is 5.75 Å². The Balaban J connectivity index is 1.62. The highest BCUT2D eigenvalue weighted by Crippen LogP contribution is 2.09. The van der Waals surface area contributed by atoms with E-state index in [2.05, 4.69) is 5.32 Å². The molecule has 4 heteroatoms. The van der Waals surface area contributed by atoms with Crippen molar-refractivity contribution in [1.82, 2.24) is 5.32 Å². The number of benzene rings is 1. The molecular weight excluding hydrogens is 209 g/mol. The van der Waals surface area contributed by atoms with E-state index in [0.29, 0.717) is 19.8 Å². The van der Waals surface area contributed by atoms with Crippen LogP contribution in [0.25, 0.3) is 0 Å². The maximum atomic E-state index is 13.1. The van der Waals surface area contributed by atoms with Crippen LogP contribution < -0.4 is 10.1 Å². The van der Waals surface area contributed by atoms with Gasteiger partial charge in [0.2, 0.25) is 0 Å². The monoisotopic (exact) mass is 225 g/mol. The summed E-state index contributed by atoms with van der Waals surface area (Å²) in [5, 5.41) is 3.08. The fourth-order valence-corrected chi connectivity index (χ4v) is 1.64. The van der Waals surface area contributed by atoms with Gasteiger partial charge in [-0.2, -0.15) is 0 Å². The van der Waals surface area contributed by atoms with E-state index in [1.165, 1.54) is 0 Å². The molecule has 2 rings (SSSR count). The second-order valence-corrected chi connectivity index (χ2v) is 3.78.